The van der Waals surface area contributed by atoms with Crippen molar-refractivity contribution >= 4 is 44.1 Å². The van der Waals surface area contributed by atoms with Gasteiger partial charge in [0, 0.05) is 22.7 Å². The summed E-state index contributed by atoms with van der Waals surface area (Å²) in [5.74, 6) is -0.360. The average Bonchev–Trinajstić information content (AvgIpc) is 2.84. The van der Waals surface area contributed by atoms with Crippen LogP contribution >= 0.6 is 27.5 Å². The highest BCUT2D eigenvalue weighted by Gasteiger charge is 2.08. The SMILES string of the molecule is Fc1cc(Cl)c(NCc2ccc3[nH]ccc3c2)c(Br)c1. The molecule has 0 aliphatic carbocycles. The van der Waals surface area contributed by atoms with Crippen LogP contribution in [0, 0.1) is 5.82 Å². The number of anilines is 1. The smallest absolute Gasteiger partial charge is 0.125 e. The predicted octanol–water partition coefficient (Wildman–Crippen LogP) is 5.34. The maximum absolute atomic E-state index is 13.2. The van der Waals surface area contributed by atoms with E-state index in [1.165, 1.54) is 12.1 Å². The van der Waals surface area contributed by atoms with Crippen LogP contribution in [0.4, 0.5) is 10.1 Å². The van der Waals surface area contributed by atoms with Gasteiger partial charge in [0.25, 0.3) is 0 Å². The van der Waals surface area contributed by atoms with Gasteiger partial charge in [-0.1, -0.05) is 17.7 Å². The Kier molecular flexibility index (Phi) is 3.68. The molecule has 1 heterocycles. The number of aromatic nitrogens is 1. The van der Waals surface area contributed by atoms with Gasteiger partial charge in [-0.15, -0.1) is 0 Å². The van der Waals surface area contributed by atoms with Gasteiger partial charge in [0.15, 0.2) is 0 Å². The van der Waals surface area contributed by atoms with Crippen LogP contribution in [-0.2, 0) is 6.54 Å². The lowest BCUT2D eigenvalue weighted by atomic mass is 10.1. The highest BCUT2D eigenvalue weighted by atomic mass is 79.9. The minimum absolute atomic E-state index is 0.360. The number of rotatable bonds is 3. The quantitative estimate of drug-likeness (QED) is 0.654. The molecule has 102 valence electrons. The fourth-order valence-electron chi connectivity index (χ4n) is 2.11. The molecule has 5 heteroatoms. The van der Waals surface area contributed by atoms with E-state index in [1.54, 1.807) is 0 Å². The zero-order valence-corrected chi connectivity index (χ0v) is 12.7. The molecule has 0 fully saturated rings. The molecule has 0 aliphatic heterocycles. The molecule has 0 atom stereocenters. The number of nitrogens with one attached hydrogen (secondary N) is 2. The molecule has 0 spiro atoms. The Morgan fingerprint density at radius 1 is 1.20 bits per heavy atom. The Bertz CT molecular complexity index is 746. The van der Waals surface area contributed by atoms with Crippen LogP contribution in [-0.4, -0.2) is 4.98 Å². The van der Waals surface area contributed by atoms with Crippen molar-refractivity contribution in [1.82, 2.24) is 4.98 Å². The van der Waals surface area contributed by atoms with Crippen molar-refractivity contribution < 1.29 is 4.39 Å². The van der Waals surface area contributed by atoms with Crippen molar-refractivity contribution in [3.05, 3.63) is 63.5 Å². The Labute approximate surface area is 129 Å². The minimum Gasteiger partial charge on any atom is -0.379 e. The van der Waals surface area contributed by atoms with Crippen molar-refractivity contribution in [2.24, 2.45) is 0 Å². The van der Waals surface area contributed by atoms with Crippen LogP contribution < -0.4 is 5.32 Å². The van der Waals surface area contributed by atoms with Crippen LogP contribution in [0.15, 0.2) is 47.1 Å². The zero-order chi connectivity index (χ0) is 14.1. The second-order valence-corrected chi connectivity index (χ2v) is 5.76. The molecule has 20 heavy (non-hydrogen) atoms. The third-order valence-corrected chi connectivity index (χ3v) is 4.02. The highest BCUT2D eigenvalue weighted by Crippen LogP contribution is 2.32. The van der Waals surface area contributed by atoms with Crippen LogP contribution in [0.2, 0.25) is 5.02 Å². The predicted molar refractivity (Wildman–Crippen MR) is 84.7 cm³/mol. The number of benzene rings is 2. The lowest BCUT2D eigenvalue weighted by Gasteiger charge is -2.11. The number of aromatic amines is 1. The molecule has 2 aromatic carbocycles. The van der Waals surface area contributed by atoms with Gasteiger partial charge < -0.3 is 10.3 Å². The summed E-state index contributed by atoms with van der Waals surface area (Å²) in [7, 11) is 0. The maximum Gasteiger partial charge on any atom is 0.125 e. The monoisotopic (exact) mass is 352 g/mol. The normalized spacial score (nSPS) is 10.9. The van der Waals surface area contributed by atoms with E-state index >= 15 is 0 Å². The van der Waals surface area contributed by atoms with Gasteiger partial charge in [-0.3, -0.25) is 0 Å². The van der Waals surface area contributed by atoms with Crippen molar-refractivity contribution in [3.63, 3.8) is 0 Å². The molecule has 0 amide bonds. The molecule has 0 aliphatic rings. The van der Waals surface area contributed by atoms with Gasteiger partial charge in [-0.2, -0.15) is 0 Å². The van der Waals surface area contributed by atoms with Crippen molar-refractivity contribution in [2.75, 3.05) is 5.32 Å². The molecule has 3 rings (SSSR count). The summed E-state index contributed by atoms with van der Waals surface area (Å²) in [6, 6.07) is 10.9. The van der Waals surface area contributed by atoms with Crippen LogP contribution in [0.25, 0.3) is 10.9 Å². The molecule has 3 aromatic rings. The molecule has 1 aromatic heterocycles. The van der Waals surface area contributed by atoms with Gasteiger partial charge in [-0.05, 0) is 57.2 Å². The summed E-state index contributed by atoms with van der Waals surface area (Å²) in [6.07, 6.45) is 1.91. The largest absolute Gasteiger partial charge is 0.379 e. The Hall–Kier alpha value is -1.52. The first kappa shape index (κ1) is 13.5. The molecule has 0 saturated heterocycles. The van der Waals surface area contributed by atoms with Crippen LogP contribution in [0.1, 0.15) is 5.56 Å². The number of H-pyrrole nitrogens is 1. The minimum atomic E-state index is -0.360. The molecule has 0 bridgehead atoms. The molecule has 2 nitrogen and oxygen atoms in total. The number of hydrogen-bond donors (Lipinski definition) is 2. The Balaban J connectivity index is 1.82. The third-order valence-electron chi connectivity index (χ3n) is 3.09. The topological polar surface area (TPSA) is 27.8 Å². The second kappa shape index (κ2) is 5.46. The van der Waals surface area contributed by atoms with Crippen LogP contribution in [0.3, 0.4) is 0 Å². The maximum atomic E-state index is 13.2. The molecular formula is C15H11BrClFN2. The number of hydrogen-bond acceptors (Lipinski definition) is 1. The van der Waals surface area contributed by atoms with E-state index in [1.807, 2.05) is 24.4 Å². The van der Waals surface area contributed by atoms with Crippen LogP contribution in [0.5, 0.6) is 0 Å². The van der Waals surface area contributed by atoms with Crippen molar-refractivity contribution in [2.45, 2.75) is 6.54 Å². The van der Waals surface area contributed by atoms with E-state index in [-0.39, 0.29) is 5.82 Å². The first-order chi connectivity index (χ1) is 9.63. The van der Waals surface area contributed by atoms with Crippen molar-refractivity contribution in [1.29, 1.82) is 0 Å². The Morgan fingerprint density at radius 2 is 2.05 bits per heavy atom. The first-order valence-corrected chi connectivity index (χ1v) is 7.25. The van der Waals surface area contributed by atoms with E-state index in [9.17, 15) is 4.39 Å². The fourth-order valence-corrected chi connectivity index (χ4v) is 3.07. The first-order valence-electron chi connectivity index (χ1n) is 6.08. The van der Waals surface area contributed by atoms with Crippen molar-refractivity contribution in [3.8, 4) is 0 Å². The zero-order valence-electron chi connectivity index (χ0n) is 10.4. The van der Waals surface area contributed by atoms with E-state index in [4.69, 9.17) is 11.6 Å². The summed E-state index contributed by atoms with van der Waals surface area (Å²) in [6.45, 7) is 0.616. The van der Waals surface area contributed by atoms with E-state index in [0.29, 0.717) is 21.7 Å². The number of halogens is 3. The number of fused-ring (bicyclic) bond motifs is 1. The molecule has 0 unspecified atom stereocenters. The fraction of sp³-hybridized carbons (Fsp3) is 0.0667. The summed E-state index contributed by atoms with van der Waals surface area (Å²) >= 11 is 9.35. The molecule has 0 saturated carbocycles. The molecule has 0 radical (unpaired) electrons. The summed E-state index contributed by atoms with van der Waals surface area (Å²) in [4.78, 5) is 3.15. The summed E-state index contributed by atoms with van der Waals surface area (Å²) < 4.78 is 13.8. The lowest BCUT2D eigenvalue weighted by molar-refractivity contribution is 0.627. The van der Waals surface area contributed by atoms with Gasteiger partial charge in [0.1, 0.15) is 5.82 Å². The van der Waals surface area contributed by atoms with Gasteiger partial charge in [-0.25, -0.2) is 4.39 Å². The van der Waals surface area contributed by atoms with Gasteiger partial charge in [0.05, 0.1) is 10.7 Å². The molecule has 2 N–H and O–H groups in total. The molecular weight excluding hydrogens is 343 g/mol. The second-order valence-electron chi connectivity index (χ2n) is 4.50. The standard InChI is InChI=1S/C15H11BrClFN2/c16-12-6-11(18)7-13(17)15(12)20-8-9-1-2-14-10(5-9)3-4-19-14/h1-7,19-20H,8H2. The van der Waals surface area contributed by atoms with E-state index < -0.39 is 0 Å². The van der Waals surface area contributed by atoms with Gasteiger partial charge in [0.2, 0.25) is 0 Å². The highest BCUT2D eigenvalue weighted by molar-refractivity contribution is 9.10. The van der Waals surface area contributed by atoms with E-state index in [0.717, 1.165) is 16.5 Å². The van der Waals surface area contributed by atoms with E-state index in [2.05, 4.69) is 32.3 Å². The third kappa shape index (κ3) is 2.67. The lowest BCUT2D eigenvalue weighted by Crippen LogP contribution is -2.01. The van der Waals surface area contributed by atoms with Gasteiger partial charge >= 0.3 is 0 Å². The average molecular weight is 354 g/mol. The Morgan fingerprint density at radius 3 is 2.85 bits per heavy atom. The summed E-state index contributed by atoms with van der Waals surface area (Å²) in [5, 5.41) is 4.75. The summed E-state index contributed by atoms with van der Waals surface area (Å²) in [5.41, 5.74) is 2.93.